The summed E-state index contributed by atoms with van der Waals surface area (Å²) >= 11 is 0. The molecule has 0 spiro atoms. The van der Waals surface area contributed by atoms with Gasteiger partial charge in [-0.3, -0.25) is 14.4 Å². The number of imidazole rings is 1. The maximum absolute atomic E-state index is 14.1. The molecule has 1 unspecified atom stereocenters. The third kappa shape index (κ3) is 8.81. The number of hydrogen-bond donors (Lipinski definition) is 4. The average Bonchev–Trinajstić information content (AvgIpc) is 4.15. The van der Waals surface area contributed by atoms with Crippen LogP contribution in [0.4, 0.5) is 15.3 Å². The van der Waals surface area contributed by atoms with E-state index in [0.717, 1.165) is 65.3 Å². The smallest absolute Gasteiger partial charge is 0.407 e. The quantitative estimate of drug-likeness (QED) is 0.0910. The number of nitrogens with zero attached hydrogens (tertiary/aromatic N) is 4. The van der Waals surface area contributed by atoms with E-state index < -0.39 is 30.3 Å². The van der Waals surface area contributed by atoms with Gasteiger partial charge < -0.3 is 44.8 Å². The van der Waals surface area contributed by atoms with Gasteiger partial charge in [0.1, 0.15) is 23.9 Å². The molecule has 2 aliphatic heterocycles. The van der Waals surface area contributed by atoms with Gasteiger partial charge in [0, 0.05) is 53.4 Å². The molecule has 326 valence electrons. The number of methoxy groups -OCH3 is 2. The largest absolute Gasteiger partial charge is 0.453 e. The van der Waals surface area contributed by atoms with Crippen LogP contribution >= 0.6 is 0 Å². The molecule has 15 heteroatoms. The van der Waals surface area contributed by atoms with Crippen molar-refractivity contribution in [3.8, 4) is 11.3 Å². The number of alkyl carbamates (subject to hydrolysis) is 2. The fourth-order valence-corrected chi connectivity index (χ4v) is 8.94. The number of amides is 5. The lowest BCUT2D eigenvalue weighted by Gasteiger charge is -2.28. The van der Waals surface area contributed by atoms with E-state index in [1.807, 2.05) is 66.9 Å². The highest BCUT2D eigenvalue weighted by Gasteiger charge is 2.39. The van der Waals surface area contributed by atoms with Crippen LogP contribution in [-0.2, 0) is 30.4 Å². The van der Waals surface area contributed by atoms with Crippen molar-refractivity contribution in [1.82, 2.24) is 35.0 Å². The van der Waals surface area contributed by atoms with Crippen LogP contribution < -0.4 is 16.0 Å². The van der Waals surface area contributed by atoms with E-state index >= 15 is 0 Å². The molecular weight excluding hydrogens is 801 g/mol. The molecule has 2 fully saturated rings. The minimum Gasteiger partial charge on any atom is -0.453 e. The summed E-state index contributed by atoms with van der Waals surface area (Å²) in [6, 6.07) is 27.3. The van der Waals surface area contributed by atoms with Gasteiger partial charge >= 0.3 is 12.2 Å². The molecule has 4 atom stereocenters. The number of nitrogens with one attached hydrogen (secondary N) is 4. The Bertz CT molecular complexity index is 2630. The number of H-pyrrole nitrogens is 1. The van der Waals surface area contributed by atoms with E-state index in [0.29, 0.717) is 48.6 Å². The Morgan fingerprint density at radius 2 is 1.33 bits per heavy atom. The number of aromatic amines is 1. The van der Waals surface area contributed by atoms with Crippen molar-refractivity contribution < 1.29 is 33.4 Å². The SMILES string of the molecule is CCCCn1c2cc(NC(=O)[C@@H]3CCCN3C(=O)[C@H](NC(=O)OC)c3ccccc3)ccc2c2ccc(-c3c[nH]c(C4CCCN4C(=O)[C@H](NC(=O)OC)c4ccccc4)n3)cc21. The van der Waals surface area contributed by atoms with E-state index in [9.17, 15) is 24.0 Å². The molecule has 4 N–H and O–H groups in total. The van der Waals surface area contributed by atoms with Gasteiger partial charge in [0.05, 0.1) is 31.5 Å². The minimum absolute atomic E-state index is 0.233. The number of aromatic nitrogens is 3. The lowest BCUT2D eigenvalue weighted by atomic mass is 10.0. The number of aryl methyl sites for hydroxylation is 1. The Morgan fingerprint density at radius 3 is 1.97 bits per heavy atom. The van der Waals surface area contributed by atoms with E-state index in [-0.39, 0.29) is 23.8 Å². The first kappa shape index (κ1) is 42.5. The molecule has 2 saturated heterocycles. The molecule has 6 aromatic rings. The standard InChI is InChI=1S/C48H52N8O7/c1-4-5-24-54-39-27-32(36-29-49-43(51-36)37-18-12-25-55(37)45(58)41(52-47(60)62-2)30-14-8-6-9-15-30)20-22-34(39)35-23-21-33(28-40(35)54)50-44(57)38-19-13-26-56(38)46(59)42(53-48(61)63-3)31-16-10-7-11-17-31/h6-11,14-17,20-23,27-29,37-38,41-42H,4-5,12-13,18-19,24-26H2,1-3H3,(H,49,51)(H,50,57)(H,52,60)(H,53,61)/t37?,38-,41+,42+/m0/s1. The zero-order valence-electron chi connectivity index (χ0n) is 35.6. The third-order valence-corrected chi connectivity index (χ3v) is 12.1. The summed E-state index contributed by atoms with van der Waals surface area (Å²) in [5, 5.41) is 10.6. The highest BCUT2D eigenvalue weighted by molar-refractivity contribution is 6.10. The zero-order chi connectivity index (χ0) is 44.0. The second kappa shape index (κ2) is 18.8. The molecule has 0 bridgehead atoms. The molecule has 63 heavy (non-hydrogen) atoms. The topological polar surface area (TPSA) is 180 Å². The van der Waals surface area contributed by atoms with Crippen LogP contribution in [0.1, 0.15) is 80.5 Å². The fourth-order valence-electron chi connectivity index (χ4n) is 8.94. The molecule has 4 aromatic carbocycles. The number of carbonyl (C=O) groups is 5. The molecule has 5 amide bonds. The van der Waals surface area contributed by atoms with E-state index in [1.165, 1.54) is 14.2 Å². The van der Waals surface area contributed by atoms with Gasteiger partial charge in [-0.1, -0.05) is 92.2 Å². The van der Waals surface area contributed by atoms with Crippen molar-refractivity contribution in [2.45, 2.75) is 76.2 Å². The minimum atomic E-state index is -1.01. The fraction of sp³-hybridized carbons (Fsp3) is 0.333. The Kier molecular flexibility index (Phi) is 12.7. The van der Waals surface area contributed by atoms with Gasteiger partial charge in [-0.25, -0.2) is 14.6 Å². The number of unbranched alkanes of at least 4 members (excludes halogenated alkanes) is 1. The molecule has 8 rings (SSSR count). The van der Waals surface area contributed by atoms with Crippen molar-refractivity contribution in [2.24, 2.45) is 0 Å². The molecule has 0 radical (unpaired) electrons. The second-order valence-corrected chi connectivity index (χ2v) is 16.0. The van der Waals surface area contributed by atoms with Crippen LogP contribution in [0, 0.1) is 0 Å². The summed E-state index contributed by atoms with van der Waals surface area (Å²) in [7, 11) is 2.52. The van der Waals surface area contributed by atoms with Crippen molar-refractivity contribution in [3.05, 3.63) is 120 Å². The Hall–Kier alpha value is -7.16. The molecule has 4 heterocycles. The van der Waals surface area contributed by atoms with E-state index in [4.69, 9.17) is 14.5 Å². The first-order valence-electron chi connectivity index (χ1n) is 21.5. The van der Waals surface area contributed by atoms with Gasteiger partial charge in [0.2, 0.25) is 5.91 Å². The van der Waals surface area contributed by atoms with Crippen LogP contribution in [0.3, 0.4) is 0 Å². The van der Waals surface area contributed by atoms with Gasteiger partial charge in [-0.2, -0.15) is 0 Å². The Morgan fingerprint density at radius 1 is 0.746 bits per heavy atom. The van der Waals surface area contributed by atoms with Crippen molar-refractivity contribution >= 4 is 57.4 Å². The molecule has 0 aliphatic carbocycles. The normalized spacial score (nSPS) is 17.1. The first-order chi connectivity index (χ1) is 30.7. The van der Waals surface area contributed by atoms with Gasteiger partial charge in [0.15, 0.2) is 0 Å². The number of rotatable bonds is 13. The van der Waals surface area contributed by atoms with Crippen LogP contribution in [0.2, 0.25) is 0 Å². The number of benzene rings is 4. The lowest BCUT2D eigenvalue weighted by molar-refractivity contribution is -0.138. The highest BCUT2D eigenvalue weighted by atomic mass is 16.5. The van der Waals surface area contributed by atoms with Crippen LogP contribution in [0.25, 0.3) is 33.1 Å². The van der Waals surface area contributed by atoms with Gasteiger partial charge in [-0.15, -0.1) is 0 Å². The van der Waals surface area contributed by atoms with Gasteiger partial charge in [0.25, 0.3) is 11.8 Å². The summed E-state index contributed by atoms with van der Waals surface area (Å²) in [6.07, 6.45) is 5.02. The van der Waals surface area contributed by atoms with Crippen LogP contribution in [0.5, 0.6) is 0 Å². The Balaban J connectivity index is 1.04. The molecule has 2 aliphatic rings. The number of likely N-dealkylation sites (tertiary alicyclic amines) is 2. The average molecular weight is 853 g/mol. The summed E-state index contributed by atoms with van der Waals surface area (Å²) < 4.78 is 12.0. The molecule has 0 saturated carbocycles. The van der Waals surface area contributed by atoms with Crippen molar-refractivity contribution in [1.29, 1.82) is 0 Å². The predicted octanol–water partition coefficient (Wildman–Crippen LogP) is 7.77. The number of carbonyl (C=O) groups excluding carboxylic acids is 5. The number of hydrogen-bond acceptors (Lipinski definition) is 8. The number of anilines is 1. The van der Waals surface area contributed by atoms with Crippen LogP contribution in [0.15, 0.2) is 103 Å². The van der Waals surface area contributed by atoms with E-state index in [1.54, 1.807) is 34.1 Å². The monoisotopic (exact) mass is 852 g/mol. The lowest BCUT2D eigenvalue weighted by Crippen LogP contribution is -2.48. The Labute approximate surface area is 365 Å². The predicted molar refractivity (Wildman–Crippen MR) is 238 cm³/mol. The molecular formula is C48H52N8O7. The van der Waals surface area contributed by atoms with Crippen molar-refractivity contribution in [2.75, 3.05) is 32.6 Å². The number of ether oxygens (including phenoxy) is 2. The summed E-state index contributed by atoms with van der Waals surface area (Å²) in [5.74, 6) is -0.234. The van der Waals surface area contributed by atoms with Gasteiger partial charge in [-0.05, 0) is 61.4 Å². The first-order valence-corrected chi connectivity index (χ1v) is 21.5. The third-order valence-electron chi connectivity index (χ3n) is 12.1. The number of fused-ring (bicyclic) bond motifs is 3. The summed E-state index contributed by atoms with van der Waals surface area (Å²) in [6.45, 7) is 3.81. The maximum Gasteiger partial charge on any atom is 0.407 e. The highest BCUT2D eigenvalue weighted by Crippen LogP contribution is 2.37. The molecule has 2 aromatic heterocycles. The zero-order valence-corrected chi connectivity index (χ0v) is 35.6. The second-order valence-electron chi connectivity index (χ2n) is 16.0. The van der Waals surface area contributed by atoms with E-state index in [2.05, 4.69) is 44.6 Å². The summed E-state index contributed by atoms with van der Waals surface area (Å²) in [5.41, 5.74) is 5.52. The maximum atomic E-state index is 14.1. The van der Waals surface area contributed by atoms with Crippen molar-refractivity contribution in [3.63, 3.8) is 0 Å². The van der Waals surface area contributed by atoms with Crippen LogP contribution in [-0.4, -0.2) is 87.6 Å². The molecule has 15 nitrogen and oxygen atoms in total. The summed E-state index contributed by atoms with van der Waals surface area (Å²) in [4.78, 5) is 78.3.